The second kappa shape index (κ2) is 11.3. The molecule has 0 unspecified atom stereocenters. The Balaban J connectivity index is 1.52. The number of hydrazone groups is 1. The van der Waals surface area contributed by atoms with Crippen LogP contribution >= 0.6 is 23.4 Å². The molecule has 158 valence electrons. The number of rotatable bonds is 8. The molecule has 8 heteroatoms. The number of halogens is 1. The first-order valence-corrected chi connectivity index (χ1v) is 11.0. The van der Waals surface area contributed by atoms with E-state index in [9.17, 15) is 9.59 Å². The van der Waals surface area contributed by atoms with Crippen LogP contribution in [0.15, 0.2) is 78.2 Å². The van der Waals surface area contributed by atoms with Gasteiger partial charge in [-0.25, -0.2) is 5.43 Å². The van der Waals surface area contributed by atoms with Gasteiger partial charge in [-0.05, 0) is 48.4 Å². The Kier molecular flexibility index (Phi) is 8.20. The summed E-state index contributed by atoms with van der Waals surface area (Å²) >= 11 is 7.59. The SMILES string of the molecule is CC(=NNC(=O)CSCc1ccccc1Cl)c1cccc(NC(=O)c2cccnc2)c1. The Labute approximate surface area is 190 Å². The maximum atomic E-state index is 12.3. The fraction of sp³-hybridized carbons (Fsp3) is 0.130. The van der Waals surface area contributed by atoms with Gasteiger partial charge in [0.2, 0.25) is 5.91 Å². The van der Waals surface area contributed by atoms with Crippen molar-refractivity contribution in [2.24, 2.45) is 5.10 Å². The number of thioether (sulfide) groups is 1. The van der Waals surface area contributed by atoms with Crippen LogP contribution in [0.1, 0.15) is 28.4 Å². The molecule has 2 N–H and O–H groups in total. The topological polar surface area (TPSA) is 83.5 Å². The molecule has 0 fully saturated rings. The fourth-order valence-corrected chi connectivity index (χ4v) is 3.74. The van der Waals surface area contributed by atoms with Crippen molar-refractivity contribution in [2.75, 3.05) is 11.1 Å². The summed E-state index contributed by atoms with van der Waals surface area (Å²) in [6, 6.07) is 18.2. The summed E-state index contributed by atoms with van der Waals surface area (Å²) in [6.45, 7) is 1.79. The van der Waals surface area contributed by atoms with Gasteiger partial charge in [-0.1, -0.05) is 41.9 Å². The van der Waals surface area contributed by atoms with E-state index in [1.54, 1.807) is 37.4 Å². The molecular formula is C23H21ClN4O2S. The standard InChI is InChI=1S/C23H21ClN4O2S/c1-16(27-28-22(29)15-31-14-19-6-2-3-10-21(19)24)17-7-4-9-20(12-17)26-23(30)18-8-5-11-25-13-18/h2-13H,14-15H2,1H3,(H,26,30)(H,28,29). The molecule has 1 aromatic heterocycles. The zero-order valence-corrected chi connectivity index (χ0v) is 18.4. The monoisotopic (exact) mass is 452 g/mol. The normalized spacial score (nSPS) is 11.1. The number of carbonyl (C=O) groups is 2. The summed E-state index contributed by atoms with van der Waals surface area (Å²) in [5.74, 6) is 0.471. The zero-order chi connectivity index (χ0) is 22.1. The molecule has 0 bridgehead atoms. The lowest BCUT2D eigenvalue weighted by Gasteiger charge is -2.08. The van der Waals surface area contributed by atoms with Crippen molar-refractivity contribution in [1.29, 1.82) is 0 Å². The number of nitrogens with one attached hydrogen (secondary N) is 2. The Morgan fingerprint density at radius 2 is 1.87 bits per heavy atom. The molecule has 0 aliphatic carbocycles. The van der Waals surface area contributed by atoms with E-state index in [0.29, 0.717) is 27.7 Å². The van der Waals surface area contributed by atoms with Gasteiger partial charge < -0.3 is 5.32 Å². The average molecular weight is 453 g/mol. The second-order valence-corrected chi connectivity index (χ2v) is 7.99. The summed E-state index contributed by atoms with van der Waals surface area (Å²) in [7, 11) is 0. The number of aromatic nitrogens is 1. The summed E-state index contributed by atoms with van der Waals surface area (Å²) < 4.78 is 0. The Morgan fingerprint density at radius 3 is 2.65 bits per heavy atom. The predicted octanol–water partition coefficient (Wildman–Crippen LogP) is 4.76. The molecule has 31 heavy (non-hydrogen) atoms. The minimum atomic E-state index is -0.247. The van der Waals surface area contributed by atoms with Gasteiger partial charge in [-0.2, -0.15) is 5.10 Å². The van der Waals surface area contributed by atoms with Gasteiger partial charge in [-0.15, -0.1) is 11.8 Å². The summed E-state index contributed by atoms with van der Waals surface area (Å²) in [5, 5.41) is 7.70. The van der Waals surface area contributed by atoms with E-state index >= 15 is 0 Å². The first-order valence-electron chi connectivity index (χ1n) is 9.49. The molecule has 3 rings (SSSR count). The lowest BCUT2D eigenvalue weighted by molar-refractivity contribution is -0.118. The van der Waals surface area contributed by atoms with E-state index in [-0.39, 0.29) is 17.6 Å². The molecule has 0 spiro atoms. The highest BCUT2D eigenvalue weighted by molar-refractivity contribution is 7.99. The van der Waals surface area contributed by atoms with Crippen LogP contribution in [0.2, 0.25) is 5.02 Å². The van der Waals surface area contributed by atoms with Crippen molar-refractivity contribution >= 4 is 46.6 Å². The smallest absolute Gasteiger partial charge is 0.257 e. The van der Waals surface area contributed by atoms with E-state index in [2.05, 4.69) is 20.8 Å². The largest absolute Gasteiger partial charge is 0.322 e. The number of pyridine rings is 1. The van der Waals surface area contributed by atoms with Crippen LogP contribution in [-0.4, -0.2) is 28.3 Å². The van der Waals surface area contributed by atoms with Crippen molar-refractivity contribution in [3.05, 3.63) is 94.8 Å². The third kappa shape index (κ3) is 6.94. The first kappa shape index (κ1) is 22.5. The van der Waals surface area contributed by atoms with Crippen molar-refractivity contribution in [2.45, 2.75) is 12.7 Å². The van der Waals surface area contributed by atoms with Gasteiger partial charge in [0.15, 0.2) is 0 Å². The first-order chi connectivity index (χ1) is 15.0. The molecule has 3 aromatic rings. The third-order valence-electron chi connectivity index (χ3n) is 4.26. The van der Waals surface area contributed by atoms with Crippen LogP contribution in [0.4, 0.5) is 5.69 Å². The Morgan fingerprint density at radius 1 is 1.06 bits per heavy atom. The van der Waals surface area contributed by atoms with Crippen LogP contribution < -0.4 is 10.7 Å². The molecule has 0 aliphatic rings. The summed E-state index contributed by atoms with van der Waals surface area (Å²) in [5.41, 5.74) is 6.07. The predicted molar refractivity (Wildman–Crippen MR) is 127 cm³/mol. The minimum Gasteiger partial charge on any atom is -0.322 e. The number of benzene rings is 2. The van der Waals surface area contributed by atoms with Crippen LogP contribution in [-0.2, 0) is 10.5 Å². The third-order valence-corrected chi connectivity index (χ3v) is 5.61. The number of hydrogen-bond acceptors (Lipinski definition) is 5. The number of anilines is 1. The molecule has 0 aliphatic heterocycles. The van der Waals surface area contributed by atoms with Crippen molar-refractivity contribution < 1.29 is 9.59 Å². The van der Waals surface area contributed by atoms with E-state index in [0.717, 1.165) is 11.1 Å². The highest BCUT2D eigenvalue weighted by atomic mass is 35.5. The van der Waals surface area contributed by atoms with Crippen LogP contribution in [0.25, 0.3) is 0 Å². The molecule has 2 aromatic carbocycles. The van der Waals surface area contributed by atoms with Crippen molar-refractivity contribution in [3.8, 4) is 0 Å². The van der Waals surface area contributed by atoms with Crippen LogP contribution in [0.3, 0.4) is 0 Å². The Bertz CT molecular complexity index is 1090. The van der Waals surface area contributed by atoms with Gasteiger partial charge in [0, 0.05) is 28.9 Å². The van der Waals surface area contributed by atoms with E-state index in [1.165, 1.54) is 18.0 Å². The van der Waals surface area contributed by atoms with Gasteiger partial charge in [0.05, 0.1) is 17.0 Å². The zero-order valence-electron chi connectivity index (χ0n) is 16.8. The van der Waals surface area contributed by atoms with E-state index in [1.807, 2.05) is 36.4 Å². The maximum absolute atomic E-state index is 12.3. The van der Waals surface area contributed by atoms with Gasteiger partial charge in [0.1, 0.15) is 0 Å². The molecule has 0 radical (unpaired) electrons. The van der Waals surface area contributed by atoms with Gasteiger partial charge >= 0.3 is 0 Å². The highest BCUT2D eigenvalue weighted by Crippen LogP contribution is 2.20. The molecule has 0 atom stereocenters. The Hall–Kier alpha value is -3.16. The van der Waals surface area contributed by atoms with Crippen LogP contribution in [0, 0.1) is 0 Å². The highest BCUT2D eigenvalue weighted by Gasteiger charge is 2.08. The molecule has 6 nitrogen and oxygen atoms in total. The average Bonchev–Trinajstić information content (AvgIpc) is 2.79. The van der Waals surface area contributed by atoms with Gasteiger partial charge in [-0.3, -0.25) is 14.6 Å². The van der Waals surface area contributed by atoms with Crippen LogP contribution in [0.5, 0.6) is 0 Å². The molecule has 2 amide bonds. The lowest BCUT2D eigenvalue weighted by Crippen LogP contribution is -2.21. The summed E-state index contributed by atoms with van der Waals surface area (Å²) in [4.78, 5) is 28.3. The quantitative estimate of drug-likeness (QED) is 0.381. The summed E-state index contributed by atoms with van der Waals surface area (Å²) in [6.07, 6.45) is 3.12. The lowest BCUT2D eigenvalue weighted by atomic mass is 10.1. The van der Waals surface area contributed by atoms with Crippen molar-refractivity contribution in [3.63, 3.8) is 0 Å². The fourth-order valence-electron chi connectivity index (χ4n) is 2.63. The molecular weight excluding hydrogens is 432 g/mol. The number of hydrogen-bond donors (Lipinski definition) is 2. The number of amides is 2. The molecule has 0 saturated heterocycles. The molecule has 1 heterocycles. The van der Waals surface area contributed by atoms with E-state index < -0.39 is 0 Å². The minimum absolute atomic E-state index is 0.197. The van der Waals surface area contributed by atoms with E-state index in [4.69, 9.17) is 11.6 Å². The van der Waals surface area contributed by atoms with Gasteiger partial charge in [0.25, 0.3) is 5.91 Å². The number of carbonyl (C=O) groups excluding carboxylic acids is 2. The molecule has 0 saturated carbocycles. The van der Waals surface area contributed by atoms with Crippen molar-refractivity contribution in [1.82, 2.24) is 10.4 Å². The second-order valence-electron chi connectivity index (χ2n) is 6.59. The maximum Gasteiger partial charge on any atom is 0.257 e. The number of nitrogens with zero attached hydrogens (tertiary/aromatic N) is 2.